The number of nitrogens with one attached hydrogen (secondary N) is 1. The summed E-state index contributed by atoms with van der Waals surface area (Å²) in [5, 5.41) is 7.83. The van der Waals surface area contributed by atoms with E-state index in [1.165, 1.54) is 0 Å². The van der Waals surface area contributed by atoms with E-state index in [0.717, 1.165) is 10.8 Å². The van der Waals surface area contributed by atoms with Crippen LogP contribution in [0.15, 0.2) is 65.2 Å². The number of hydrogen-bond donors (Lipinski definition) is 1. The third-order valence-corrected chi connectivity index (χ3v) is 4.94. The Bertz CT molecular complexity index is 1310. The van der Waals surface area contributed by atoms with Crippen LogP contribution in [0.5, 0.6) is 0 Å². The third kappa shape index (κ3) is 5.19. The van der Waals surface area contributed by atoms with Crippen molar-refractivity contribution in [2.24, 2.45) is 0 Å². The van der Waals surface area contributed by atoms with Crippen molar-refractivity contribution in [3.63, 3.8) is 0 Å². The Kier molecular flexibility index (Phi) is 6.03. The molecule has 0 aliphatic carbocycles. The number of anilines is 1. The summed E-state index contributed by atoms with van der Waals surface area (Å²) in [5.41, 5.74) is -2.95. The summed E-state index contributed by atoms with van der Waals surface area (Å²) in [6.45, 7) is 0. The molecular weight excluding hydrogens is 464 g/mol. The van der Waals surface area contributed by atoms with Crippen LogP contribution in [0.25, 0.3) is 22.2 Å². The van der Waals surface area contributed by atoms with Crippen molar-refractivity contribution in [3.8, 4) is 11.4 Å². The van der Waals surface area contributed by atoms with Crippen molar-refractivity contribution in [1.29, 1.82) is 0 Å². The molecule has 0 aliphatic rings. The molecule has 1 N–H and O–H groups in total. The van der Waals surface area contributed by atoms with Crippen LogP contribution in [-0.4, -0.2) is 16.0 Å². The lowest BCUT2D eigenvalue weighted by atomic mass is 10.0. The zero-order valence-corrected chi connectivity index (χ0v) is 17.2. The predicted octanol–water partition coefficient (Wildman–Crippen LogP) is 6.50. The Hall–Kier alpha value is -3.89. The van der Waals surface area contributed by atoms with E-state index in [9.17, 15) is 31.1 Å². The van der Waals surface area contributed by atoms with Gasteiger partial charge in [0.25, 0.3) is 0 Å². The van der Waals surface area contributed by atoms with Crippen molar-refractivity contribution in [2.75, 3.05) is 5.32 Å². The van der Waals surface area contributed by atoms with E-state index in [-0.39, 0.29) is 24.8 Å². The van der Waals surface area contributed by atoms with Gasteiger partial charge >= 0.3 is 12.4 Å². The van der Waals surface area contributed by atoms with Gasteiger partial charge < -0.3 is 9.84 Å². The van der Waals surface area contributed by atoms with E-state index in [4.69, 9.17) is 4.52 Å². The van der Waals surface area contributed by atoms with Crippen molar-refractivity contribution in [3.05, 3.63) is 77.7 Å². The van der Waals surface area contributed by atoms with Gasteiger partial charge in [0.15, 0.2) is 0 Å². The van der Waals surface area contributed by atoms with E-state index < -0.39 is 35.1 Å². The highest BCUT2D eigenvalue weighted by molar-refractivity contribution is 5.95. The molecule has 0 fully saturated rings. The zero-order chi connectivity index (χ0) is 24.5. The molecule has 1 aromatic heterocycles. The summed E-state index contributed by atoms with van der Waals surface area (Å²) in [6.07, 6.45) is -10.4. The highest BCUT2D eigenvalue weighted by atomic mass is 19.4. The summed E-state index contributed by atoms with van der Waals surface area (Å²) in [5.74, 6) is -0.421. The number of rotatable bonds is 5. The van der Waals surface area contributed by atoms with Gasteiger partial charge in [-0.1, -0.05) is 47.6 Å². The first kappa shape index (κ1) is 23.3. The van der Waals surface area contributed by atoms with Crippen molar-refractivity contribution < 1.29 is 35.7 Å². The topological polar surface area (TPSA) is 68.0 Å². The van der Waals surface area contributed by atoms with Gasteiger partial charge in [-0.2, -0.15) is 31.3 Å². The largest absolute Gasteiger partial charge is 0.416 e. The molecule has 0 radical (unpaired) electrons. The Morgan fingerprint density at radius 2 is 1.53 bits per heavy atom. The first-order valence-corrected chi connectivity index (χ1v) is 9.91. The van der Waals surface area contributed by atoms with Crippen LogP contribution in [0.1, 0.15) is 23.4 Å². The predicted molar refractivity (Wildman–Crippen MR) is 111 cm³/mol. The van der Waals surface area contributed by atoms with Gasteiger partial charge in [0.2, 0.25) is 17.6 Å². The maximum Gasteiger partial charge on any atom is 0.416 e. The molecule has 0 unspecified atom stereocenters. The molecule has 34 heavy (non-hydrogen) atoms. The molecule has 4 aromatic rings. The monoisotopic (exact) mass is 479 g/mol. The fourth-order valence-corrected chi connectivity index (χ4v) is 3.36. The number of amides is 1. The molecule has 0 atom stereocenters. The number of aryl methyl sites for hydroxylation is 1. The Morgan fingerprint density at radius 3 is 2.21 bits per heavy atom. The van der Waals surface area contributed by atoms with Gasteiger partial charge in [0.1, 0.15) is 0 Å². The van der Waals surface area contributed by atoms with Crippen molar-refractivity contribution >= 4 is 22.4 Å². The Labute approximate surface area is 188 Å². The molecule has 0 bridgehead atoms. The fourth-order valence-electron chi connectivity index (χ4n) is 3.36. The molecule has 1 heterocycles. The van der Waals surface area contributed by atoms with E-state index in [0.29, 0.717) is 23.5 Å². The highest BCUT2D eigenvalue weighted by Gasteiger charge is 2.37. The van der Waals surface area contributed by atoms with Crippen LogP contribution in [-0.2, 0) is 23.6 Å². The van der Waals surface area contributed by atoms with Gasteiger partial charge in [-0.3, -0.25) is 4.79 Å². The second kappa shape index (κ2) is 8.81. The maximum absolute atomic E-state index is 13.0. The molecule has 11 heteroatoms. The standard InChI is InChI=1S/C23H15F6N3O2/c24-22(25,26)14-10-15(23(27,28)29)12-16(11-14)30-19(33)8-9-20-31-21(32-34-20)18-7-3-5-13-4-1-2-6-17(13)18/h1-7,10-12H,8-9H2,(H,30,33). The lowest BCUT2D eigenvalue weighted by molar-refractivity contribution is -0.143. The van der Waals surface area contributed by atoms with Gasteiger partial charge in [-0.25, -0.2) is 0 Å². The molecule has 0 spiro atoms. The SMILES string of the molecule is O=C(CCc1nc(-c2cccc3ccccc23)no1)Nc1cc(C(F)(F)F)cc(C(F)(F)F)c1. The second-order valence-electron chi connectivity index (χ2n) is 7.38. The Balaban J connectivity index is 1.47. The van der Waals surface area contributed by atoms with E-state index in [1.54, 1.807) is 6.07 Å². The van der Waals surface area contributed by atoms with E-state index in [1.807, 2.05) is 36.4 Å². The van der Waals surface area contributed by atoms with Crippen LogP contribution in [0.2, 0.25) is 0 Å². The maximum atomic E-state index is 13.0. The number of aromatic nitrogens is 2. The van der Waals surface area contributed by atoms with Crippen LogP contribution >= 0.6 is 0 Å². The van der Waals surface area contributed by atoms with Crippen LogP contribution in [0, 0.1) is 0 Å². The van der Waals surface area contributed by atoms with Crippen LogP contribution in [0.3, 0.4) is 0 Å². The fraction of sp³-hybridized carbons (Fsp3) is 0.174. The summed E-state index contributed by atoms with van der Waals surface area (Å²) in [6, 6.07) is 14.0. The number of halogens is 6. The lowest BCUT2D eigenvalue weighted by Gasteiger charge is -2.14. The highest BCUT2D eigenvalue weighted by Crippen LogP contribution is 2.37. The third-order valence-electron chi connectivity index (χ3n) is 4.94. The number of carbonyl (C=O) groups excluding carboxylic acids is 1. The van der Waals surface area contributed by atoms with Gasteiger partial charge in [-0.05, 0) is 29.0 Å². The zero-order valence-electron chi connectivity index (χ0n) is 17.2. The molecule has 1 amide bonds. The van der Waals surface area contributed by atoms with Crippen LogP contribution in [0.4, 0.5) is 32.0 Å². The Morgan fingerprint density at radius 1 is 0.882 bits per heavy atom. The summed E-state index contributed by atoms with van der Waals surface area (Å²) in [4.78, 5) is 16.4. The molecule has 176 valence electrons. The molecular formula is C23H15F6N3O2. The number of alkyl halides is 6. The smallest absolute Gasteiger partial charge is 0.339 e. The van der Waals surface area contributed by atoms with Gasteiger partial charge in [0.05, 0.1) is 11.1 Å². The molecule has 5 nitrogen and oxygen atoms in total. The second-order valence-corrected chi connectivity index (χ2v) is 7.38. The van der Waals surface area contributed by atoms with Gasteiger partial charge in [0, 0.05) is 24.1 Å². The summed E-state index contributed by atoms with van der Waals surface area (Å²) in [7, 11) is 0. The average Bonchev–Trinajstić information content (AvgIpc) is 3.25. The molecule has 0 saturated heterocycles. The number of fused-ring (bicyclic) bond motifs is 1. The first-order valence-electron chi connectivity index (χ1n) is 9.91. The number of nitrogens with zero attached hydrogens (tertiary/aromatic N) is 2. The summed E-state index contributed by atoms with van der Waals surface area (Å²) < 4.78 is 83.0. The minimum atomic E-state index is -5.01. The molecule has 0 saturated carbocycles. The first-order chi connectivity index (χ1) is 16.0. The van der Waals surface area contributed by atoms with E-state index in [2.05, 4.69) is 15.5 Å². The number of benzene rings is 3. The normalized spacial score (nSPS) is 12.2. The van der Waals surface area contributed by atoms with Crippen LogP contribution < -0.4 is 5.32 Å². The number of hydrogen-bond acceptors (Lipinski definition) is 4. The molecule has 3 aromatic carbocycles. The number of carbonyl (C=O) groups is 1. The summed E-state index contributed by atoms with van der Waals surface area (Å²) >= 11 is 0. The molecule has 4 rings (SSSR count). The van der Waals surface area contributed by atoms with Gasteiger partial charge in [-0.15, -0.1) is 0 Å². The molecule has 0 aliphatic heterocycles. The lowest BCUT2D eigenvalue weighted by Crippen LogP contribution is -2.16. The average molecular weight is 479 g/mol. The van der Waals surface area contributed by atoms with Crippen molar-refractivity contribution in [1.82, 2.24) is 10.1 Å². The van der Waals surface area contributed by atoms with E-state index >= 15 is 0 Å². The quantitative estimate of drug-likeness (QED) is 0.332. The minimum Gasteiger partial charge on any atom is -0.339 e. The minimum absolute atomic E-state index is 0.0110. The van der Waals surface area contributed by atoms with Crippen molar-refractivity contribution in [2.45, 2.75) is 25.2 Å².